The molecular weight excluding hydrogens is 330 g/mol. The Morgan fingerprint density at radius 1 is 1.04 bits per heavy atom. The minimum atomic E-state index is -0.392. The fraction of sp³-hybridized carbons (Fsp3) is 0.105. The molecular formula is C19H17N5O2. The van der Waals surface area contributed by atoms with Crippen molar-refractivity contribution in [2.75, 3.05) is 10.6 Å². The molecule has 0 radical (unpaired) electrons. The van der Waals surface area contributed by atoms with Crippen LogP contribution in [-0.2, 0) is 6.54 Å². The van der Waals surface area contributed by atoms with Gasteiger partial charge in [-0.05, 0) is 42.8 Å². The fourth-order valence-electron chi connectivity index (χ4n) is 2.25. The number of hydrogen-bond donors (Lipinski definition) is 2. The van der Waals surface area contributed by atoms with Crippen LogP contribution in [0.1, 0.15) is 33.3 Å². The van der Waals surface area contributed by atoms with Crippen LogP contribution >= 0.6 is 0 Å². The van der Waals surface area contributed by atoms with E-state index >= 15 is 0 Å². The number of nitrogens with zero attached hydrogens (tertiary/aromatic N) is 3. The number of hydrogen-bond acceptors (Lipinski definition) is 6. The van der Waals surface area contributed by atoms with E-state index in [0.717, 1.165) is 5.56 Å². The molecule has 0 spiro atoms. The third kappa shape index (κ3) is 4.47. The van der Waals surface area contributed by atoms with E-state index in [4.69, 9.17) is 0 Å². The van der Waals surface area contributed by atoms with Crippen molar-refractivity contribution in [1.82, 2.24) is 15.2 Å². The summed E-state index contributed by atoms with van der Waals surface area (Å²) in [6, 6.07) is 13.8. The van der Waals surface area contributed by atoms with E-state index in [1.54, 1.807) is 48.8 Å². The lowest BCUT2D eigenvalue weighted by molar-refractivity contribution is 0.100. The van der Waals surface area contributed by atoms with Crippen molar-refractivity contribution in [2.45, 2.75) is 13.5 Å². The third-order valence-electron chi connectivity index (χ3n) is 3.62. The number of aromatic nitrogens is 3. The highest BCUT2D eigenvalue weighted by Crippen LogP contribution is 2.13. The van der Waals surface area contributed by atoms with E-state index in [0.29, 0.717) is 23.6 Å². The Hall–Kier alpha value is -3.61. The van der Waals surface area contributed by atoms with Gasteiger partial charge in [-0.15, -0.1) is 10.2 Å². The molecule has 2 aromatic heterocycles. The van der Waals surface area contributed by atoms with Crippen LogP contribution in [0.4, 0.5) is 11.5 Å². The minimum Gasteiger partial charge on any atom is -0.364 e. The maximum Gasteiger partial charge on any atom is 0.276 e. The zero-order chi connectivity index (χ0) is 18.4. The molecule has 3 rings (SSSR count). The largest absolute Gasteiger partial charge is 0.364 e. The zero-order valence-corrected chi connectivity index (χ0v) is 14.1. The number of anilines is 2. The lowest BCUT2D eigenvalue weighted by Crippen LogP contribution is -2.15. The molecule has 2 heterocycles. The van der Waals surface area contributed by atoms with Crippen LogP contribution in [0.25, 0.3) is 0 Å². The lowest BCUT2D eigenvalue weighted by atomic mass is 10.1. The first-order chi connectivity index (χ1) is 12.6. The summed E-state index contributed by atoms with van der Waals surface area (Å²) in [5.41, 5.74) is 2.26. The van der Waals surface area contributed by atoms with Crippen LogP contribution in [0, 0.1) is 0 Å². The van der Waals surface area contributed by atoms with Gasteiger partial charge in [-0.3, -0.25) is 14.6 Å². The van der Waals surface area contributed by atoms with Crippen molar-refractivity contribution in [2.24, 2.45) is 0 Å². The smallest absolute Gasteiger partial charge is 0.276 e. The molecule has 1 amide bonds. The number of nitrogens with one attached hydrogen (secondary N) is 2. The molecule has 0 aliphatic rings. The van der Waals surface area contributed by atoms with E-state index in [-0.39, 0.29) is 11.5 Å². The Labute approximate surface area is 150 Å². The Kier molecular flexibility index (Phi) is 5.28. The molecule has 1 aromatic carbocycles. The van der Waals surface area contributed by atoms with Crippen LogP contribution < -0.4 is 10.6 Å². The van der Waals surface area contributed by atoms with Crippen molar-refractivity contribution < 1.29 is 9.59 Å². The summed E-state index contributed by atoms with van der Waals surface area (Å²) in [5, 5.41) is 13.8. The van der Waals surface area contributed by atoms with E-state index < -0.39 is 5.91 Å². The summed E-state index contributed by atoms with van der Waals surface area (Å²) in [6.45, 7) is 2.04. The van der Waals surface area contributed by atoms with Crippen LogP contribution in [0.15, 0.2) is 60.9 Å². The maximum atomic E-state index is 12.3. The Morgan fingerprint density at radius 3 is 2.62 bits per heavy atom. The van der Waals surface area contributed by atoms with Crippen LogP contribution in [0.3, 0.4) is 0 Å². The number of pyridine rings is 1. The molecule has 0 bridgehead atoms. The Morgan fingerprint density at radius 2 is 1.92 bits per heavy atom. The second-order valence-corrected chi connectivity index (χ2v) is 5.61. The van der Waals surface area contributed by atoms with Gasteiger partial charge in [-0.25, -0.2) is 0 Å². The van der Waals surface area contributed by atoms with Gasteiger partial charge >= 0.3 is 0 Å². The first-order valence-corrected chi connectivity index (χ1v) is 8.01. The highest BCUT2D eigenvalue weighted by molar-refractivity contribution is 6.03. The average molecular weight is 347 g/mol. The normalized spacial score (nSPS) is 10.2. The molecule has 0 atom stereocenters. The molecule has 130 valence electrons. The first-order valence-electron chi connectivity index (χ1n) is 8.01. The van der Waals surface area contributed by atoms with Gasteiger partial charge in [-0.2, -0.15) is 0 Å². The van der Waals surface area contributed by atoms with Crippen molar-refractivity contribution in [3.63, 3.8) is 0 Å². The van der Waals surface area contributed by atoms with E-state index in [2.05, 4.69) is 25.8 Å². The van der Waals surface area contributed by atoms with Gasteiger partial charge in [0.05, 0.1) is 0 Å². The van der Waals surface area contributed by atoms with Crippen LogP contribution in [0.5, 0.6) is 0 Å². The van der Waals surface area contributed by atoms with Crippen molar-refractivity contribution >= 4 is 23.2 Å². The lowest BCUT2D eigenvalue weighted by Gasteiger charge is -2.07. The number of benzene rings is 1. The Balaban J connectivity index is 1.61. The van der Waals surface area contributed by atoms with Gasteiger partial charge in [0.1, 0.15) is 5.82 Å². The molecule has 0 fully saturated rings. The van der Waals surface area contributed by atoms with Crippen molar-refractivity contribution in [3.8, 4) is 0 Å². The molecule has 0 aliphatic heterocycles. The molecule has 0 saturated carbocycles. The second-order valence-electron chi connectivity index (χ2n) is 5.61. The van der Waals surface area contributed by atoms with Crippen molar-refractivity contribution in [3.05, 3.63) is 77.7 Å². The molecule has 7 nitrogen and oxygen atoms in total. The van der Waals surface area contributed by atoms with Crippen molar-refractivity contribution in [1.29, 1.82) is 0 Å². The molecule has 2 N–H and O–H groups in total. The Bertz CT molecular complexity index is 911. The quantitative estimate of drug-likeness (QED) is 0.666. The summed E-state index contributed by atoms with van der Waals surface area (Å²) >= 11 is 0. The number of ketones is 1. The number of Topliss-reactive ketones (excluding diaryl/α,β-unsaturated/α-hetero) is 1. The first kappa shape index (κ1) is 17.2. The average Bonchev–Trinajstić information content (AvgIpc) is 2.68. The summed E-state index contributed by atoms with van der Waals surface area (Å²) in [4.78, 5) is 27.7. The highest BCUT2D eigenvalue weighted by Gasteiger charge is 2.10. The molecule has 3 aromatic rings. The standard InChI is InChI=1S/C19H17N5O2/c1-13(25)15-5-2-6-16(10-15)22-19(26)17-7-8-18(24-23-17)21-12-14-4-3-9-20-11-14/h2-11H,12H2,1H3,(H,21,24)(H,22,26). The zero-order valence-electron chi connectivity index (χ0n) is 14.1. The predicted molar refractivity (Wildman–Crippen MR) is 98.0 cm³/mol. The third-order valence-corrected chi connectivity index (χ3v) is 3.62. The van der Waals surface area contributed by atoms with E-state index in [9.17, 15) is 9.59 Å². The van der Waals surface area contributed by atoms with Crippen LogP contribution in [-0.4, -0.2) is 26.9 Å². The predicted octanol–water partition coefficient (Wildman–Crippen LogP) is 2.94. The van der Waals surface area contributed by atoms with Gasteiger partial charge in [0.25, 0.3) is 5.91 Å². The summed E-state index contributed by atoms with van der Waals surface area (Å²) in [5.74, 6) is 0.103. The van der Waals surface area contributed by atoms with Gasteiger partial charge in [-0.1, -0.05) is 18.2 Å². The van der Waals surface area contributed by atoms with Crippen LogP contribution in [0.2, 0.25) is 0 Å². The molecule has 0 saturated heterocycles. The number of rotatable bonds is 6. The maximum absolute atomic E-state index is 12.3. The summed E-state index contributed by atoms with van der Waals surface area (Å²) in [7, 11) is 0. The number of carbonyl (C=O) groups excluding carboxylic acids is 2. The fourth-order valence-corrected chi connectivity index (χ4v) is 2.25. The van der Waals surface area contributed by atoms with E-state index in [1.807, 2.05) is 12.1 Å². The monoisotopic (exact) mass is 347 g/mol. The number of carbonyl (C=O) groups is 2. The van der Waals surface area contributed by atoms with E-state index in [1.165, 1.54) is 6.92 Å². The topological polar surface area (TPSA) is 96.9 Å². The number of amides is 1. The molecule has 0 unspecified atom stereocenters. The summed E-state index contributed by atoms with van der Waals surface area (Å²) in [6.07, 6.45) is 3.47. The van der Waals surface area contributed by atoms with Gasteiger partial charge in [0.15, 0.2) is 11.5 Å². The van der Waals surface area contributed by atoms with Gasteiger partial charge in [0, 0.05) is 30.2 Å². The highest BCUT2D eigenvalue weighted by atomic mass is 16.2. The second kappa shape index (κ2) is 7.98. The molecule has 26 heavy (non-hydrogen) atoms. The van der Waals surface area contributed by atoms with Gasteiger partial charge in [0.2, 0.25) is 0 Å². The molecule has 0 aliphatic carbocycles. The molecule has 7 heteroatoms. The minimum absolute atomic E-state index is 0.0649. The summed E-state index contributed by atoms with van der Waals surface area (Å²) < 4.78 is 0. The van der Waals surface area contributed by atoms with Gasteiger partial charge < -0.3 is 10.6 Å². The SMILES string of the molecule is CC(=O)c1cccc(NC(=O)c2ccc(NCc3cccnc3)nn2)c1.